The molecule has 100 valence electrons. The van der Waals surface area contributed by atoms with Gasteiger partial charge < -0.3 is 10.1 Å². The van der Waals surface area contributed by atoms with Gasteiger partial charge in [-0.2, -0.15) is 0 Å². The lowest BCUT2D eigenvalue weighted by Crippen LogP contribution is -2.27. The van der Waals surface area contributed by atoms with Crippen molar-refractivity contribution in [3.63, 3.8) is 0 Å². The predicted octanol–water partition coefficient (Wildman–Crippen LogP) is 3.17. The fourth-order valence-corrected chi connectivity index (χ4v) is 1.58. The van der Waals surface area contributed by atoms with Gasteiger partial charge in [-0.3, -0.25) is 4.79 Å². The fraction of sp³-hybridized carbons (Fsp3) is 0.533. The van der Waals surface area contributed by atoms with E-state index in [4.69, 9.17) is 4.74 Å². The van der Waals surface area contributed by atoms with E-state index >= 15 is 0 Å². The van der Waals surface area contributed by atoms with Crippen LogP contribution in [0.15, 0.2) is 18.2 Å². The zero-order chi connectivity index (χ0) is 13.7. The topological polar surface area (TPSA) is 38.3 Å². The van der Waals surface area contributed by atoms with E-state index in [-0.39, 0.29) is 12.0 Å². The van der Waals surface area contributed by atoms with Gasteiger partial charge in [0.2, 0.25) is 0 Å². The Balaban J connectivity index is 2.74. The molecule has 0 unspecified atom stereocenters. The van der Waals surface area contributed by atoms with Crippen LogP contribution in [0.1, 0.15) is 43.6 Å². The molecule has 1 aromatic rings. The molecule has 0 saturated heterocycles. The lowest BCUT2D eigenvalue weighted by atomic mass is 10.1. The molecule has 0 heterocycles. The number of rotatable bonds is 5. The average molecular weight is 249 g/mol. The highest BCUT2D eigenvalue weighted by atomic mass is 16.5. The van der Waals surface area contributed by atoms with Crippen molar-refractivity contribution in [2.45, 2.75) is 40.7 Å². The highest BCUT2D eigenvalue weighted by Crippen LogP contribution is 2.20. The Labute approximate surface area is 110 Å². The van der Waals surface area contributed by atoms with Crippen molar-refractivity contribution in [1.29, 1.82) is 0 Å². The van der Waals surface area contributed by atoms with Gasteiger partial charge in [0, 0.05) is 12.1 Å². The van der Waals surface area contributed by atoms with E-state index in [1.54, 1.807) is 6.07 Å². The summed E-state index contributed by atoms with van der Waals surface area (Å²) < 4.78 is 5.65. The standard InChI is InChI=1S/C15H23NO2/c1-10(2)9-16-15(17)13-6-7-14(12(5)8-13)18-11(3)4/h6-8,10-11H,9H2,1-5H3,(H,16,17). The first-order chi connectivity index (χ1) is 8.40. The molecule has 0 bridgehead atoms. The maximum Gasteiger partial charge on any atom is 0.251 e. The summed E-state index contributed by atoms with van der Waals surface area (Å²) in [6.07, 6.45) is 0.143. The van der Waals surface area contributed by atoms with Crippen molar-refractivity contribution >= 4 is 5.91 Å². The smallest absolute Gasteiger partial charge is 0.251 e. The molecule has 1 N–H and O–H groups in total. The maximum absolute atomic E-state index is 11.9. The molecule has 0 aliphatic carbocycles. The third-order valence-electron chi connectivity index (χ3n) is 2.47. The number of amides is 1. The summed E-state index contributed by atoms with van der Waals surface area (Å²) in [5.74, 6) is 1.27. The molecule has 0 aliphatic heterocycles. The van der Waals surface area contributed by atoms with E-state index in [0.29, 0.717) is 18.0 Å². The Morgan fingerprint density at radius 2 is 1.94 bits per heavy atom. The van der Waals surface area contributed by atoms with Gasteiger partial charge in [0.1, 0.15) is 5.75 Å². The summed E-state index contributed by atoms with van der Waals surface area (Å²) >= 11 is 0. The first-order valence-corrected chi connectivity index (χ1v) is 6.45. The third-order valence-corrected chi connectivity index (χ3v) is 2.47. The second-order valence-corrected chi connectivity index (χ2v) is 5.25. The quantitative estimate of drug-likeness (QED) is 0.870. The minimum absolute atomic E-state index is 0.0251. The number of carbonyl (C=O) groups is 1. The highest BCUT2D eigenvalue weighted by molar-refractivity contribution is 5.94. The van der Waals surface area contributed by atoms with E-state index in [0.717, 1.165) is 11.3 Å². The van der Waals surface area contributed by atoms with Crippen LogP contribution in [-0.2, 0) is 0 Å². The van der Waals surface area contributed by atoms with E-state index in [2.05, 4.69) is 19.2 Å². The second kappa shape index (κ2) is 6.43. The molecule has 1 amide bonds. The van der Waals surface area contributed by atoms with Gasteiger partial charge in [-0.15, -0.1) is 0 Å². The minimum Gasteiger partial charge on any atom is -0.491 e. The second-order valence-electron chi connectivity index (χ2n) is 5.25. The van der Waals surface area contributed by atoms with Crippen LogP contribution in [0.4, 0.5) is 0 Å². The summed E-state index contributed by atoms with van der Waals surface area (Å²) in [6.45, 7) is 10.8. The Morgan fingerprint density at radius 1 is 1.28 bits per heavy atom. The normalized spacial score (nSPS) is 10.8. The monoisotopic (exact) mass is 249 g/mol. The number of aryl methyl sites for hydroxylation is 1. The van der Waals surface area contributed by atoms with Gasteiger partial charge in [-0.25, -0.2) is 0 Å². The van der Waals surface area contributed by atoms with Crippen LogP contribution in [-0.4, -0.2) is 18.6 Å². The van der Waals surface area contributed by atoms with Crippen molar-refractivity contribution in [3.8, 4) is 5.75 Å². The number of ether oxygens (including phenoxy) is 1. The Morgan fingerprint density at radius 3 is 2.44 bits per heavy atom. The first-order valence-electron chi connectivity index (χ1n) is 6.45. The van der Waals surface area contributed by atoms with Crippen LogP contribution in [0.5, 0.6) is 5.75 Å². The molecule has 0 radical (unpaired) electrons. The zero-order valence-electron chi connectivity index (χ0n) is 11.9. The van der Waals surface area contributed by atoms with Crippen molar-refractivity contribution in [1.82, 2.24) is 5.32 Å². The molecule has 0 atom stereocenters. The van der Waals surface area contributed by atoms with Crippen LogP contribution in [0.25, 0.3) is 0 Å². The van der Waals surface area contributed by atoms with Crippen LogP contribution in [0, 0.1) is 12.8 Å². The molecule has 3 nitrogen and oxygen atoms in total. The summed E-state index contributed by atoms with van der Waals surface area (Å²) in [5, 5.41) is 2.91. The summed E-state index contributed by atoms with van der Waals surface area (Å²) in [6, 6.07) is 5.54. The van der Waals surface area contributed by atoms with Crippen LogP contribution in [0.3, 0.4) is 0 Å². The van der Waals surface area contributed by atoms with Gasteiger partial charge in [0.15, 0.2) is 0 Å². The van der Waals surface area contributed by atoms with E-state index in [1.807, 2.05) is 32.9 Å². The largest absolute Gasteiger partial charge is 0.491 e. The third kappa shape index (κ3) is 4.40. The zero-order valence-corrected chi connectivity index (χ0v) is 11.9. The fourth-order valence-electron chi connectivity index (χ4n) is 1.58. The lowest BCUT2D eigenvalue weighted by Gasteiger charge is -2.13. The van der Waals surface area contributed by atoms with Gasteiger partial charge in [0.25, 0.3) is 5.91 Å². The Bertz CT molecular complexity index is 411. The molecule has 0 fully saturated rings. The Kier molecular flexibility index (Phi) is 5.20. The number of carbonyl (C=O) groups excluding carboxylic acids is 1. The molecule has 0 aromatic heterocycles. The SMILES string of the molecule is Cc1cc(C(=O)NCC(C)C)ccc1OC(C)C. The maximum atomic E-state index is 11.9. The van der Waals surface area contributed by atoms with Crippen molar-refractivity contribution in [2.24, 2.45) is 5.92 Å². The van der Waals surface area contributed by atoms with Crippen molar-refractivity contribution in [3.05, 3.63) is 29.3 Å². The van der Waals surface area contributed by atoms with Gasteiger partial charge >= 0.3 is 0 Å². The first kappa shape index (κ1) is 14.6. The molecule has 0 spiro atoms. The summed E-state index contributed by atoms with van der Waals surface area (Å²) in [4.78, 5) is 11.9. The van der Waals surface area contributed by atoms with Crippen LogP contribution < -0.4 is 10.1 Å². The summed E-state index contributed by atoms with van der Waals surface area (Å²) in [7, 11) is 0. The van der Waals surface area contributed by atoms with Crippen molar-refractivity contribution in [2.75, 3.05) is 6.54 Å². The predicted molar refractivity (Wildman–Crippen MR) is 74.1 cm³/mol. The molecule has 0 aliphatic rings. The minimum atomic E-state index is -0.0251. The molecule has 3 heteroatoms. The Hall–Kier alpha value is -1.51. The lowest BCUT2D eigenvalue weighted by molar-refractivity contribution is 0.0949. The molecule has 0 saturated carbocycles. The molecule has 1 rings (SSSR count). The van der Waals surface area contributed by atoms with Crippen LogP contribution in [0.2, 0.25) is 0 Å². The number of hydrogen-bond donors (Lipinski definition) is 1. The highest BCUT2D eigenvalue weighted by Gasteiger charge is 2.09. The van der Waals surface area contributed by atoms with Crippen molar-refractivity contribution < 1.29 is 9.53 Å². The van der Waals surface area contributed by atoms with Gasteiger partial charge in [-0.05, 0) is 50.5 Å². The van der Waals surface area contributed by atoms with Gasteiger partial charge in [-0.1, -0.05) is 13.8 Å². The number of benzene rings is 1. The molecular formula is C15H23NO2. The molecular weight excluding hydrogens is 226 g/mol. The van der Waals surface area contributed by atoms with E-state index in [9.17, 15) is 4.79 Å². The van der Waals surface area contributed by atoms with E-state index < -0.39 is 0 Å². The average Bonchev–Trinajstić information content (AvgIpc) is 2.28. The molecule has 1 aromatic carbocycles. The van der Waals surface area contributed by atoms with Crippen LogP contribution >= 0.6 is 0 Å². The van der Waals surface area contributed by atoms with E-state index in [1.165, 1.54) is 0 Å². The molecule has 18 heavy (non-hydrogen) atoms. The number of hydrogen-bond acceptors (Lipinski definition) is 2. The van der Waals surface area contributed by atoms with Gasteiger partial charge in [0.05, 0.1) is 6.10 Å². The number of nitrogens with one attached hydrogen (secondary N) is 1. The summed E-state index contributed by atoms with van der Waals surface area (Å²) in [5.41, 5.74) is 1.67.